The van der Waals surface area contributed by atoms with Gasteiger partial charge in [-0.05, 0) is 110 Å². The molecule has 0 aliphatic heterocycles. The van der Waals surface area contributed by atoms with E-state index < -0.39 is 0 Å². The SMILES string of the molecule is CC1(C)c2ccccc2-c2ccc(Nc3ccccc3-c3cccc(-c4ccc(-c5ccc(Nc6ccc(-c7ccccc7)cc6)cc5)cc4)c3)cc21. The molecule has 0 radical (unpaired) electrons. The zero-order chi connectivity index (χ0) is 35.8. The van der Waals surface area contributed by atoms with Crippen LogP contribution in [0.2, 0.25) is 0 Å². The van der Waals surface area contributed by atoms with E-state index in [1.807, 2.05) is 6.07 Å². The number of nitrogens with one attached hydrogen (secondary N) is 2. The van der Waals surface area contributed by atoms with Gasteiger partial charge in [-0.2, -0.15) is 0 Å². The van der Waals surface area contributed by atoms with E-state index in [2.05, 4.69) is 213 Å². The third kappa shape index (κ3) is 6.30. The molecule has 9 rings (SSSR count). The molecule has 0 saturated heterocycles. The van der Waals surface area contributed by atoms with Crippen molar-refractivity contribution in [2.24, 2.45) is 0 Å². The highest BCUT2D eigenvalue weighted by Gasteiger charge is 2.35. The van der Waals surface area contributed by atoms with Gasteiger partial charge in [-0.25, -0.2) is 0 Å². The molecule has 1 aliphatic rings. The van der Waals surface area contributed by atoms with Crippen molar-refractivity contribution in [3.05, 3.63) is 205 Å². The molecule has 0 saturated carbocycles. The predicted octanol–water partition coefficient (Wildman–Crippen LogP) is 14.1. The van der Waals surface area contributed by atoms with Crippen LogP contribution in [0, 0.1) is 0 Å². The Morgan fingerprint density at radius 1 is 0.302 bits per heavy atom. The fourth-order valence-corrected chi connectivity index (χ4v) is 7.79. The van der Waals surface area contributed by atoms with Gasteiger partial charge in [0.05, 0.1) is 0 Å². The highest BCUT2D eigenvalue weighted by atomic mass is 14.9. The molecule has 8 aromatic rings. The summed E-state index contributed by atoms with van der Waals surface area (Å²) in [6, 6.07) is 69.7. The Morgan fingerprint density at radius 2 is 0.774 bits per heavy atom. The molecule has 0 unspecified atom stereocenters. The first kappa shape index (κ1) is 32.3. The highest BCUT2D eigenvalue weighted by Crippen LogP contribution is 2.49. The van der Waals surface area contributed by atoms with Crippen molar-refractivity contribution < 1.29 is 0 Å². The summed E-state index contributed by atoms with van der Waals surface area (Å²) in [6.45, 7) is 4.66. The minimum absolute atomic E-state index is 0.0374. The Labute approximate surface area is 312 Å². The second-order valence-electron chi connectivity index (χ2n) is 14.4. The van der Waals surface area contributed by atoms with Crippen LogP contribution < -0.4 is 10.6 Å². The Hall–Kier alpha value is -6.64. The Kier molecular flexibility index (Phi) is 8.21. The second kappa shape index (κ2) is 13.5. The first-order valence-corrected chi connectivity index (χ1v) is 18.3. The molecule has 2 nitrogen and oxygen atoms in total. The maximum Gasteiger partial charge on any atom is 0.0463 e. The third-order valence-corrected chi connectivity index (χ3v) is 10.7. The molecule has 254 valence electrons. The summed E-state index contributed by atoms with van der Waals surface area (Å²) in [4.78, 5) is 0. The molecule has 0 atom stereocenters. The van der Waals surface area contributed by atoms with Crippen molar-refractivity contribution >= 4 is 22.7 Å². The molecule has 0 aromatic heterocycles. The van der Waals surface area contributed by atoms with Gasteiger partial charge in [-0.1, -0.05) is 159 Å². The van der Waals surface area contributed by atoms with Crippen molar-refractivity contribution in [3.63, 3.8) is 0 Å². The summed E-state index contributed by atoms with van der Waals surface area (Å²) in [5, 5.41) is 7.31. The summed E-state index contributed by atoms with van der Waals surface area (Å²) < 4.78 is 0. The van der Waals surface area contributed by atoms with E-state index >= 15 is 0 Å². The van der Waals surface area contributed by atoms with Gasteiger partial charge in [0, 0.05) is 33.7 Å². The normalized spacial score (nSPS) is 12.5. The van der Waals surface area contributed by atoms with Crippen LogP contribution in [0.4, 0.5) is 22.7 Å². The number of para-hydroxylation sites is 1. The molecular formula is C51H40N2. The number of hydrogen-bond acceptors (Lipinski definition) is 2. The fraction of sp³-hybridized carbons (Fsp3) is 0.0588. The molecule has 0 heterocycles. The summed E-state index contributed by atoms with van der Waals surface area (Å²) in [6.07, 6.45) is 0. The molecule has 8 aromatic carbocycles. The number of benzene rings is 8. The van der Waals surface area contributed by atoms with E-state index in [1.165, 1.54) is 66.8 Å². The maximum atomic E-state index is 3.77. The molecule has 1 aliphatic carbocycles. The van der Waals surface area contributed by atoms with E-state index in [4.69, 9.17) is 0 Å². The van der Waals surface area contributed by atoms with Gasteiger partial charge < -0.3 is 10.6 Å². The lowest BCUT2D eigenvalue weighted by atomic mass is 9.82. The van der Waals surface area contributed by atoms with Crippen molar-refractivity contribution in [2.45, 2.75) is 19.3 Å². The van der Waals surface area contributed by atoms with Gasteiger partial charge in [0.2, 0.25) is 0 Å². The molecule has 0 amide bonds. The second-order valence-corrected chi connectivity index (χ2v) is 14.4. The zero-order valence-electron chi connectivity index (χ0n) is 30.0. The van der Waals surface area contributed by atoms with Gasteiger partial charge in [0.15, 0.2) is 0 Å². The number of hydrogen-bond donors (Lipinski definition) is 2. The van der Waals surface area contributed by atoms with Crippen molar-refractivity contribution in [1.29, 1.82) is 0 Å². The van der Waals surface area contributed by atoms with Crippen LogP contribution in [-0.4, -0.2) is 0 Å². The highest BCUT2D eigenvalue weighted by molar-refractivity contribution is 5.86. The van der Waals surface area contributed by atoms with Crippen LogP contribution in [0.25, 0.3) is 55.6 Å². The minimum atomic E-state index is -0.0374. The minimum Gasteiger partial charge on any atom is -0.356 e. The molecule has 0 fully saturated rings. The van der Waals surface area contributed by atoms with E-state index in [0.717, 1.165) is 22.7 Å². The summed E-state index contributed by atoms with van der Waals surface area (Å²) in [7, 11) is 0. The van der Waals surface area contributed by atoms with Gasteiger partial charge in [0.1, 0.15) is 0 Å². The summed E-state index contributed by atoms with van der Waals surface area (Å²) >= 11 is 0. The molecule has 0 spiro atoms. The molecule has 53 heavy (non-hydrogen) atoms. The average Bonchev–Trinajstić information content (AvgIpc) is 3.44. The average molecular weight is 681 g/mol. The molecule has 2 heteroatoms. The number of anilines is 4. The Morgan fingerprint density at radius 3 is 1.45 bits per heavy atom. The van der Waals surface area contributed by atoms with Gasteiger partial charge in [0.25, 0.3) is 0 Å². The third-order valence-electron chi connectivity index (χ3n) is 10.7. The lowest BCUT2D eigenvalue weighted by Gasteiger charge is -2.22. The quantitative estimate of drug-likeness (QED) is 0.167. The van der Waals surface area contributed by atoms with Crippen LogP contribution >= 0.6 is 0 Å². The smallest absolute Gasteiger partial charge is 0.0463 e. The number of rotatable bonds is 8. The van der Waals surface area contributed by atoms with E-state index in [-0.39, 0.29) is 5.41 Å². The maximum absolute atomic E-state index is 3.77. The van der Waals surface area contributed by atoms with Crippen LogP contribution in [0.5, 0.6) is 0 Å². The van der Waals surface area contributed by atoms with E-state index in [0.29, 0.717) is 0 Å². The largest absolute Gasteiger partial charge is 0.356 e. The van der Waals surface area contributed by atoms with Crippen LogP contribution in [0.15, 0.2) is 194 Å². The monoisotopic (exact) mass is 680 g/mol. The zero-order valence-corrected chi connectivity index (χ0v) is 30.0. The lowest BCUT2D eigenvalue weighted by Crippen LogP contribution is -2.15. The fourth-order valence-electron chi connectivity index (χ4n) is 7.79. The Bertz CT molecular complexity index is 2550. The molecule has 0 bridgehead atoms. The van der Waals surface area contributed by atoms with Crippen molar-refractivity contribution in [2.75, 3.05) is 10.6 Å². The van der Waals surface area contributed by atoms with Crippen LogP contribution in [-0.2, 0) is 5.41 Å². The topological polar surface area (TPSA) is 24.1 Å². The summed E-state index contributed by atoms with van der Waals surface area (Å²) in [5.74, 6) is 0. The standard InChI is InChI=1S/C51H40N2/c1-51(2)48-17-8-6-16-46(48)47-32-31-44(34-49(47)51)53-50-18-9-7-15-45(50)41-14-10-13-40(33-41)39-21-19-36(20-22-39)38-25-29-43(30-26-38)52-42-27-23-37(24-28-42)35-11-4-3-5-12-35/h3-34,52-53H,1-2H3. The van der Waals surface area contributed by atoms with E-state index in [9.17, 15) is 0 Å². The van der Waals surface area contributed by atoms with Gasteiger partial charge in [-0.15, -0.1) is 0 Å². The van der Waals surface area contributed by atoms with Crippen LogP contribution in [0.3, 0.4) is 0 Å². The Balaban J connectivity index is 0.905. The first-order chi connectivity index (χ1) is 26.0. The van der Waals surface area contributed by atoms with Gasteiger partial charge in [-0.3, -0.25) is 0 Å². The van der Waals surface area contributed by atoms with Crippen LogP contribution in [0.1, 0.15) is 25.0 Å². The predicted molar refractivity (Wildman–Crippen MR) is 225 cm³/mol. The number of fused-ring (bicyclic) bond motifs is 3. The molecule has 2 N–H and O–H groups in total. The summed E-state index contributed by atoms with van der Waals surface area (Å²) in [5.41, 5.74) is 19.3. The van der Waals surface area contributed by atoms with E-state index in [1.54, 1.807) is 0 Å². The van der Waals surface area contributed by atoms with Crippen molar-refractivity contribution in [3.8, 4) is 55.6 Å². The van der Waals surface area contributed by atoms with Crippen molar-refractivity contribution in [1.82, 2.24) is 0 Å². The van der Waals surface area contributed by atoms with Gasteiger partial charge >= 0.3 is 0 Å². The first-order valence-electron chi connectivity index (χ1n) is 18.3. The lowest BCUT2D eigenvalue weighted by molar-refractivity contribution is 0.660. The molecular weight excluding hydrogens is 641 g/mol.